The Morgan fingerprint density at radius 1 is 1.18 bits per heavy atom. The quantitative estimate of drug-likeness (QED) is 0.873. The van der Waals surface area contributed by atoms with Crippen molar-refractivity contribution in [3.05, 3.63) is 54.1 Å². The zero-order chi connectivity index (χ0) is 15.4. The maximum absolute atomic E-state index is 12.3. The molecule has 0 N–H and O–H groups in total. The SMILES string of the molecule is Cc1ccc(OC2CCN(C(=O)c3ccccn3)CC2)cn1. The molecule has 1 amide bonds. The third kappa shape index (κ3) is 3.42. The molecule has 0 atom stereocenters. The van der Waals surface area contributed by atoms with Crippen LogP contribution in [0.3, 0.4) is 0 Å². The third-order valence-corrected chi connectivity index (χ3v) is 3.80. The Labute approximate surface area is 130 Å². The van der Waals surface area contributed by atoms with Gasteiger partial charge >= 0.3 is 0 Å². The minimum atomic E-state index is -0.00366. The first-order chi connectivity index (χ1) is 10.7. The smallest absolute Gasteiger partial charge is 0.272 e. The molecule has 0 spiro atoms. The summed E-state index contributed by atoms with van der Waals surface area (Å²) < 4.78 is 5.93. The van der Waals surface area contributed by atoms with Gasteiger partial charge in [-0.05, 0) is 31.2 Å². The Morgan fingerprint density at radius 2 is 2.00 bits per heavy atom. The van der Waals surface area contributed by atoms with Gasteiger partial charge in [-0.2, -0.15) is 0 Å². The molecule has 0 saturated carbocycles. The second-order valence-electron chi connectivity index (χ2n) is 5.46. The van der Waals surface area contributed by atoms with Crippen molar-refractivity contribution in [1.29, 1.82) is 0 Å². The number of pyridine rings is 2. The van der Waals surface area contributed by atoms with Gasteiger partial charge in [-0.15, -0.1) is 0 Å². The van der Waals surface area contributed by atoms with Crippen molar-refractivity contribution in [2.45, 2.75) is 25.9 Å². The average molecular weight is 297 g/mol. The van der Waals surface area contributed by atoms with Crippen molar-refractivity contribution in [3.63, 3.8) is 0 Å². The molecule has 3 rings (SSSR count). The van der Waals surface area contributed by atoms with Crippen molar-refractivity contribution < 1.29 is 9.53 Å². The van der Waals surface area contributed by atoms with Crippen LogP contribution in [0.5, 0.6) is 5.75 Å². The predicted octanol–water partition coefficient (Wildman–Crippen LogP) is 2.47. The highest BCUT2D eigenvalue weighted by Crippen LogP contribution is 2.19. The number of nitrogens with zero attached hydrogens (tertiary/aromatic N) is 3. The van der Waals surface area contributed by atoms with Gasteiger partial charge in [0.15, 0.2) is 0 Å². The van der Waals surface area contributed by atoms with Crippen LogP contribution in [0.25, 0.3) is 0 Å². The summed E-state index contributed by atoms with van der Waals surface area (Å²) in [7, 11) is 0. The van der Waals surface area contributed by atoms with E-state index in [0.717, 1.165) is 24.3 Å². The number of amides is 1. The Kier molecular flexibility index (Phi) is 4.32. The van der Waals surface area contributed by atoms with Crippen molar-refractivity contribution in [1.82, 2.24) is 14.9 Å². The van der Waals surface area contributed by atoms with E-state index >= 15 is 0 Å². The molecule has 1 fully saturated rings. The van der Waals surface area contributed by atoms with Gasteiger partial charge in [0.2, 0.25) is 0 Å². The van der Waals surface area contributed by atoms with Gasteiger partial charge < -0.3 is 9.64 Å². The van der Waals surface area contributed by atoms with Gasteiger partial charge in [0, 0.05) is 37.8 Å². The molecule has 114 valence electrons. The first-order valence-electron chi connectivity index (χ1n) is 7.52. The Morgan fingerprint density at radius 3 is 2.64 bits per heavy atom. The largest absolute Gasteiger partial charge is 0.489 e. The highest BCUT2D eigenvalue weighted by molar-refractivity contribution is 5.92. The molecule has 5 nitrogen and oxygen atoms in total. The summed E-state index contributed by atoms with van der Waals surface area (Å²) in [5.41, 5.74) is 1.48. The molecule has 1 aliphatic heterocycles. The molecule has 0 unspecified atom stereocenters. The molecule has 1 saturated heterocycles. The molecule has 1 aliphatic rings. The summed E-state index contributed by atoms with van der Waals surface area (Å²) in [4.78, 5) is 22.5. The fourth-order valence-corrected chi connectivity index (χ4v) is 2.54. The second-order valence-corrected chi connectivity index (χ2v) is 5.46. The average Bonchev–Trinajstić information content (AvgIpc) is 2.58. The van der Waals surface area contributed by atoms with E-state index in [4.69, 9.17) is 4.74 Å². The van der Waals surface area contributed by atoms with Crippen LogP contribution in [0, 0.1) is 6.92 Å². The van der Waals surface area contributed by atoms with Gasteiger partial charge in [-0.1, -0.05) is 6.07 Å². The summed E-state index contributed by atoms with van der Waals surface area (Å²) in [6.45, 7) is 3.34. The summed E-state index contributed by atoms with van der Waals surface area (Å²) in [5, 5.41) is 0. The lowest BCUT2D eigenvalue weighted by molar-refractivity contribution is 0.0589. The van der Waals surface area contributed by atoms with Crippen LogP contribution in [-0.2, 0) is 0 Å². The van der Waals surface area contributed by atoms with E-state index in [9.17, 15) is 4.79 Å². The highest BCUT2D eigenvalue weighted by atomic mass is 16.5. The van der Waals surface area contributed by atoms with Crippen LogP contribution in [0.15, 0.2) is 42.7 Å². The molecule has 0 bridgehead atoms. The number of hydrogen-bond donors (Lipinski definition) is 0. The van der Waals surface area contributed by atoms with Gasteiger partial charge in [0.1, 0.15) is 17.5 Å². The number of piperidine rings is 1. The topological polar surface area (TPSA) is 55.3 Å². The third-order valence-electron chi connectivity index (χ3n) is 3.80. The van der Waals surface area contributed by atoms with Gasteiger partial charge in [0.05, 0.1) is 6.20 Å². The second kappa shape index (κ2) is 6.56. The van der Waals surface area contributed by atoms with Gasteiger partial charge in [-0.25, -0.2) is 0 Å². The molecule has 0 aliphatic carbocycles. The zero-order valence-electron chi connectivity index (χ0n) is 12.6. The van der Waals surface area contributed by atoms with Crippen molar-refractivity contribution in [2.24, 2.45) is 0 Å². The van der Waals surface area contributed by atoms with E-state index in [1.54, 1.807) is 18.5 Å². The van der Waals surface area contributed by atoms with Gasteiger partial charge in [0.25, 0.3) is 5.91 Å². The minimum Gasteiger partial charge on any atom is -0.489 e. The highest BCUT2D eigenvalue weighted by Gasteiger charge is 2.25. The molecule has 0 radical (unpaired) electrons. The predicted molar refractivity (Wildman–Crippen MR) is 82.8 cm³/mol. The monoisotopic (exact) mass is 297 g/mol. The Hall–Kier alpha value is -2.43. The summed E-state index contributed by atoms with van der Waals surface area (Å²) in [5.74, 6) is 0.788. The first kappa shape index (κ1) is 14.5. The molecule has 5 heteroatoms. The van der Waals surface area contributed by atoms with E-state index in [1.165, 1.54) is 0 Å². The van der Waals surface area contributed by atoms with Crippen molar-refractivity contribution >= 4 is 5.91 Å². The van der Waals surface area contributed by atoms with Crippen LogP contribution in [0.4, 0.5) is 0 Å². The van der Waals surface area contributed by atoms with E-state index in [2.05, 4.69) is 9.97 Å². The van der Waals surface area contributed by atoms with E-state index in [1.807, 2.05) is 36.1 Å². The standard InChI is InChI=1S/C17H19N3O2/c1-13-5-6-15(12-19-13)22-14-7-10-20(11-8-14)17(21)16-4-2-3-9-18-16/h2-6,9,12,14H,7-8,10-11H2,1H3. The van der Waals surface area contributed by atoms with E-state index in [0.29, 0.717) is 18.8 Å². The maximum Gasteiger partial charge on any atom is 0.272 e. The number of likely N-dealkylation sites (tertiary alicyclic amines) is 1. The number of carbonyl (C=O) groups is 1. The van der Waals surface area contributed by atoms with Crippen LogP contribution in [0.2, 0.25) is 0 Å². The van der Waals surface area contributed by atoms with Gasteiger partial charge in [-0.3, -0.25) is 14.8 Å². The van der Waals surface area contributed by atoms with Crippen molar-refractivity contribution in [3.8, 4) is 5.75 Å². The summed E-state index contributed by atoms with van der Waals surface area (Å²) in [6, 6.07) is 9.28. The number of hydrogen-bond acceptors (Lipinski definition) is 4. The molecule has 0 aromatic carbocycles. The molecular formula is C17H19N3O2. The fraction of sp³-hybridized carbons (Fsp3) is 0.353. The Bertz CT molecular complexity index is 620. The molecular weight excluding hydrogens is 278 g/mol. The molecule has 2 aromatic heterocycles. The number of ether oxygens (including phenoxy) is 1. The number of aryl methyl sites for hydroxylation is 1. The van der Waals surface area contributed by atoms with Crippen LogP contribution >= 0.6 is 0 Å². The summed E-state index contributed by atoms with van der Waals surface area (Å²) >= 11 is 0. The van der Waals surface area contributed by atoms with E-state index < -0.39 is 0 Å². The Balaban J connectivity index is 1.54. The lowest BCUT2D eigenvalue weighted by Gasteiger charge is -2.32. The normalized spacial score (nSPS) is 15.6. The molecule has 22 heavy (non-hydrogen) atoms. The summed E-state index contributed by atoms with van der Waals surface area (Å²) in [6.07, 6.45) is 5.19. The van der Waals surface area contributed by atoms with Crippen molar-refractivity contribution in [2.75, 3.05) is 13.1 Å². The number of carbonyl (C=O) groups excluding carboxylic acids is 1. The van der Waals surface area contributed by atoms with Crippen LogP contribution in [0.1, 0.15) is 29.0 Å². The number of aromatic nitrogens is 2. The number of rotatable bonds is 3. The minimum absolute atomic E-state index is 0.00366. The zero-order valence-corrected chi connectivity index (χ0v) is 12.6. The lowest BCUT2D eigenvalue weighted by atomic mass is 10.1. The molecule has 2 aromatic rings. The lowest BCUT2D eigenvalue weighted by Crippen LogP contribution is -2.42. The fourth-order valence-electron chi connectivity index (χ4n) is 2.54. The van der Waals surface area contributed by atoms with E-state index in [-0.39, 0.29) is 12.0 Å². The van der Waals surface area contributed by atoms with Crippen LogP contribution < -0.4 is 4.74 Å². The maximum atomic E-state index is 12.3. The first-order valence-corrected chi connectivity index (χ1v) is 7.52. The molecule has 3 heterocycles. The van der Waals surface area contributed by atoms with Crippen LogP contribution in [-0.4, -0.2) is 40.0 Å².